The molecule has 36 heavy (non-hydrogen) atoms. The van der Waals surface area contributed by atoms with Crippen LogP contribution in [0.1, 0.15) is 24.0 Å². The molecule has 1 amide bonds. The van der Waals surface area contributed by atoms with Crippen LogP contribution in [0.4, 0.5) is 9.52 Å². The van der Waals surface area contributed by atoms with E-state index in [9.17, 15) is 17.6 Å². The Hall–Kier alpha value is -3.21. The molecule has 1 saturated heterocycles. The quantitative estimate of drug-likeness (QED) is 0.363. The Morgan fingerprint density at radius 2 is 1.89 bits per heavy atom. The number of carbonyl (C=O) groups is 1. The molecule has 5 rings (SSSR count). The van der Waals surface area contributed by atoms with Crippen LogP contribution in [-0.4, -0.2) is 41.7 Å². The van der Waals surface area contributed by atoms with Crippen LogP contribution < -0.4 is 4.90 Å². The van der Waals surface area contributed by atoms with Gasteiger partial charge in [0.2, 0.25) is 15.9 Å². The number of anilines is 1. The molecule has 7 nitrogen and oxygen atoms in total. The van der Waals surface area contributed by atoms with E-state index in [-0.39, 0.29) is 29.8 Å². The van der Waals surface area contributed by atoms with Gasteiger partial charge in [-0.25, -0.2) is 17.8 Å². The van der Waals surface area contributed by atoms with Crippen molar-refractivity contribution in [2.75, 3.05) is 18.0 Å². The van der Waals surface area contributed by atoms with E-state index in [1.54, 1.807) is 17.3 Å². The summed E-state index contributed by atoms with van der Waals surface area (Å²) < 4.78 is 41.6. The van der Waals surface area contributed by atoms with Crippen LogP contribution in [0, 0.1) is 18.7 Å². The molecule has 1 aliphatic rings. The van der Waals surface area contributed by atoms with Crippen LogP contribution >= 0.6 is 11.3 Å². The van der Waals surface area contributed by atoms with Gasteiger partial charge >= 0.3 is 0 Å². The number of aryl methyl sites for hydroxylation is 1. The van der Waals surface area contributed by atoms with Crippen LogP contribution in [0.5, 0.6) is 0 Å². The number of benzene rings is 2. The molecule has 4 aromatic rings. The molecule has 2 aromatic carbocycles. The number of sulfonamides is 1. The standard InChI is InChI=1S/C26H25FN4O3S2/c1-18-4-9-23-24(15-18)35-26(29-23)31(17-19-3-2-12-28-16-19)25(32)20-10-13-30(14-11-20)36(33,34)22-7-5-21(27)6-8-22/h2-9,12,15-16,20H,10-11,13-14,17H2,1H3. The van der Waals surface area contributed by atoms with Crippen molar-refractivity contribution in [3.8, 4) is 0 Å². The fraction of sp³-hybridized carbons (Fsp3) is 0.269. The summed E-state index contributed by atoms with van der Waals surface area (Å²) >= 11 is 1.47. The maximum atomic E-state index is 13.8. The molecule has 3 heterocycles. The van der Waals surface area contributed by atoms with Crippen molar-refractivity contribution in [3.05, 3.63) is 83.9 Å². The van der Waals surface area contributed by atoms with E-state index in [1.807, 2.05) is 31.2 Å². The lowest BCUT2D eigenvalue weighted by Gasteiger charge is -2.33. The largest absolute Gasteiger partial charge is 0.283 e. The highest BCUT2D eigenvalue weighted by molar-refractivity contribution is 7.89. The van der Waals surface area contributed by atoms with Crippen molar-refractivity contribution in [3.63, 3.8) is 0 Å². The van der Waals surface area contributed by atoms with Crippen LogP contribution in [0.3, 0.4) is 0 Å². The number of hydrogen-bond donors (Lipinski definition) is 0. The van der Waals surface area contributed by atoms with E-state index >= 15 is 0 Å². The van der Waals surface area contributed by atoms with E-state index in [0.717, 1.165) is 33.5 Å². The number of nitrogens with zero attached hydrogens (tertiary/aromatic N) is 4. The number of aromatic nitrogens is 2. The second-order valence-electron chi connectivity index (χ2n) is 8.89. The summed E-state index contributed by atoms with van der Waals surface area (Å²) in [5, 5.41) is 0.616. The fourth-order valence-corrected chi connectivity index (χ4v) is 6.91. The molecule has 2 aromatic heterocycles. The second kappa shape index (κ2) is 10.0. The number of piperidine rings is 1. The lowest BCUT2D eigenvalue weighted by atomic mass is 9.96. The van der Waals surface area contributed by atoms with Crippen LogP contribution in [-0.2, 0) is 21.4 Å². The number of rotatable bonds is 6. The average molecular weight is 525 g/mol. The minimum Gasteiger partial charge on any atom is -0.283 e. The predicted molar refractivity (Wildman–Crippen MR) is 138 cm³/mol. The van der Waals surface area contributed by atoms with Crippen molar-refractivity contribution >= 4 is 42.6 Å². The number of fused-ring (bicyclic) bond motifs is 1. The molecule has 0 aliphatic carbocycles. The molecular formula is C26H25FN4O3S2. The van der Waals surface area contributed by atoms with Gasteiger partial charge in [0.15, 0.2) is 5.13 Å². The van der Waals surface area contributed by atoms with Crippen molar-refractivity contribution < 1.29 is 17.6 Å². The van der Waals surface area contributed by atoms with Crippen LogP contribution in [0.25, 0.3) is 10.2 Å². The summed E-state index contributed by atoms with van der Waals surface area (Å²) in [6.07, 6.45) is 4.21. The van der Waals surface area contributed by atoms with Crippen molar-refractivity contribution in [1.82, 2.24) is 14.3 Å². The van der Waals surface area contributed by atoms with Gasteiger partial charge in [-0.3, -0.25) is 14.7 Å². The van der Waals surface area contributed by atoms with Gasteiger partial charge in [-0.2, -0.15) is 4.31 Å². The van der Waals surface area contributed by atoms with Gasteiger partial charge in [0, 0.05) is 31.4 Å². The smallest absolute Gasteiger partial charge is 0.243 e. The van der Waals surface area contributed by atoms with E-state index in [4.69, 9.17) is 4.98 Å². The summed E-state index contributed by atoms with van der Waals surface area (Å²) in [4.78, 5) is 24.4. The summed E-state index contributed by atoms with van der Waals surface area (Å²) in [7, 11) is -3.75. The Morgan fingerprint density at radius 1 is 1.14 bits per heavy atom. The first-order valence-corrected chi connectivity index (χ1v) is 13.9. The highest BCUT2D eigenvalue weighted by atomic mass is 32.2. The molecule has 0 saturated carbocycles. The number of halogens is 1. The zero-order valence-corrected chi connectivity index (χ0v) is 21.3. The SMILES string of the molecule is Cc1ccc2nc(N(Cc3cccnc3)C(=O)C3CCN(S(=O)(=O)c4ccc(F)cc4)CC3)sc2c1. The molecule has 0 unspecified atom stereocenters. The molecule has 1 fully saturated rings. The zero-order valence-electron chi connectivity index (χ0n) is 19.7. The van der Waals surface area contributed by atoms with E-state index < -0.39 is 15.8 Å². The predicted octanol–water partition coefficient (Wildman–Crippen LogP) is 4.77. The number of hydrogen-bond acceptors (Lipinski definition) is 6. The van der Waals surface area contributed by atoms with Gasteiger partial charge in [-0.05, 0) is 73.4 Å². The maximum Gasteiger partial charge on any atom is 0.243 e. The number of pyridine rings is 1. The third kappa shape index (κ3) is 5.02. The fourth-order valence-electron chi connectivity index (χ4n) is 4.37. The Bertz CT molecular complexity index is 1480. The van der Waals surface area contributed by atoms with Crippen molar-refractivity contribution in [2.24, 2.45) is 5.92 Å². The van der Waals surface area contributed by atoms with E-state index in [1.165, 1.54) is 27.8 Å². The minimum absolute atomic E-state index is 0.0525. The third-order valence-electron chi connectivity index (χ3n) is 6.35. The van der Waals surface area contributed by atoms with Crippen molar-refractivity contribution in [1.29, 1.82) is 0 Å². The summed E-state index contributed by atoms with van der Waals surface area (Å²) in [6, 6.07) is 14.6. The van der Waals surface area contributed by atoms with Gasteiger partial charge in [0.1, 0.15) is 5.82 Å². The summed E-state index contributed by atoms with van der Waals surface area (Å²) in [5.74, 6) is -0.902. The Labute approximate surface area is 213 Å². The lowest BCUT2D eigenvalue weighted by Crippen LogP contribution is -2.44. The normalized spacial score (nSPS) is 15.3. The number of amides is 1. The summed E-state index contributed by atoms with van der Waals surface area (Å²) in [5.41, 5.74) is 2.85. The zero-order chi connectivity index (χ0) is 25.3. The van der Waals surface area contributed by atoms with Crippen LogP contribution in [0.15, 0.2) is 71.9 Å². The number of thiazole rings is 1. The lowest BCUT2D eigenvalue weighted by molar-refractivity contribution is -0.123. The first-order valence-electron chi connectivity index (χ1n) is 11.6. The molecule has 0 bridgehead atoms. The highest BCUT2D eigenvalue weighted by Gasteiger charge is 2.35. The molecule has 0 radical (unpaired) electrons. The molecule has 1 aliphatic heterocycles. The molecule has 10 heteroatoms. The average Bonchev–Trinajstić information content (AvgIpc) is 3.31. The highest BCUT2D eigenvalue weighted by Crippen LogP contribution is 2.33. The molecular weight excluding hydrogens is 499 g/mol. The Kier molecular flexibility index (Phi) is 6.83. The second-order valence-corrected chi connectivity index (χ2v) is 11.8. The maximum absolute atomic E-state index is 13.8. The van der Waals surface area contributed by atoms with Crippen molar-refractivity contribution in [2.45, 2.75) is 31.2 Å². The first-order chi connectivity index (χ1) is 17.3. The van der Waals surface area contributed by atoms with Gasteiger partial charge in [0.05, 0.1) is 21.7 Å². The van der Waals surface area contributed by atoms with E-state index in [0.29, 0.717) is 24.5 Å². The Balaban J connectivity index is 1.37. The van der Waals surface area contributed by atoms with Gasteiger partial charge in [-0.15, -0.1) is 0 Å². The van der Waals surface area contributed by atoms with Crippen LogP contribution in [0.2, 0.25) is 0 Å². The van der Waals surface area contributed by atoms with Gasteiger partial charge in [-0.1, -0.05) is 23.5 Å². The van der Waals surface area contributed by atoms with Gasteiger partial charge < -0.3 is 0 Å². The molecule has 186 valence electrons. The monoisotopic (exact) mass is 524 g/mol. The minimum atomic E-state index is -3.75. The topological polar surface area (TPSA) is 83.5 Å². The molecule has 0 atom stereocenters. The Morgan fingerprint density at radius 3 is 2.58 bits per heavy atom. The summed E-state index contributed by atoms with van der Waals surface area (Å²) in [6.45, 7) is 2.79. The third-order valence-corrected chi connectivity index (χ3v) is 9.30. The number of carbonyl (C=O) groups excluding carboxylic acids is 1. The van der Waals surface area contributed by atoms with E-state index in [2.05, 4.69) is 11.1 Å². The molecule has 0 N–H and O–H groups in total. The molecule has 0 spiro atoms. The van der Waals surface area contributed by atoms with Gasteiger partial charge in [0.25, 0.3) is 0 Å². The first kappa shape index (κ1) is 24.5.